The Bertz CT molecular complexity index is 580. The summed E-state index contributed by atoms with van der Waals surface area (Å²) < 4.78 is 0. The number of aliphatic hydroxyl groups excluding tert-OH is 1. The Morgan fingerprint density at radius 1 is 1.24 bits per heavy atom. The first kappa shape index (κ1) is 18.2. The first-order valence-electron chi connectivity index (χ1n) is 9.50. The summed E-state index contributed by atoms with van der Waals surface area (Å²) in [5, 5.41) is 22.6. The average Bonchev–Trinajstić information content (AvgIpc) is 3.40. The van der Waals surface area contributed by atoms with E-state index in [1.54, 1.807) is 12.1 Å². The van der Waals surface area contributed by atoms with E-state index >= 15 is 0 Å². The van der Waals surface area contributed by atoms with Gasteiger partial charge in [0.25, 0.3) is 0 Å². The molecule has 0 saturated heterocycles. The zero-order chi connectivity index (χ0) is 17.8. The predicted octanol–water partition coefficient (Wildman–Crippen LogP) is 2.41. The van der Waals surface area contributed by atoms with E-state index in [9.17, 15) is 15.0 Å². The standard InChI is InChI=1S/C20H30N2O3/c1-14(16-5-6-16)21-20(25)13-22(17-7-9-18(23)10-8-17)12-15-3-2-4-19(24)11-15/h2-4,11,14,16-18,23-24H,5-10,12-13H2,1H3,(H,21,25). The second-order valence-electron chi connectivity index (χ2n) is 7.73. The molecule has 1 unspecified atom stereocenters. The molecular formula is C20H30N2O3. The third-order valence-corrected chi connectivity index (χ3v) is 5.54. The molecule has 138 valence electrons. The zero-order valence-electron chi connectivity index (χ0n) is 15.0. The number of benzene rings is 1. The van der Waals surface area contributed by atoms with E-state index in [1.807, 2.05) is 12.1 Å². The van der Waals surface area contributed by atoms with E-state index in [0.29, 0.717) is 25.0 Å². The van der Waals surface area contributed by atoms with Gasteiger partial charge in [0.2, 0.25) is 5.91 Å². The minimum Gasteiger partial charge on any atom is -0.508 e. The van der Waals surface area contributed by atoms with Crippen LogP contribution in [0.25, 0.3) is 0 Å². The van der Waals surface area contributed by atoms with E-state index < -0.39 is 0 Å². The van der Waals surface area contributed by atoms with Crippen molar-refractivity contribution in [3.05, 3.63) is 29.8 Å². The monoisotopic (exact) mass is 346 g/mol. The van der Waals surface area contributed by atoms with Crippen LogP contribution in [0.1, 0.15) is 51.0 Å². The van der Waals surface area contributed by atoms with Crippen LogP contribution >= 0.6 is 0 Å². The smallest absolute Gasteiger partial charge is 0.234 e. The molecule has 0 aromatic heterocycles. The minimum absolute atomic E-state index is 0.0747. The van der Waals surface area contributed by atoms with Crippen molar-refractivity contribution in [1.82, 2.24) is 10.2 Å². The van der Waals surface area contributed by atoms with E-state index in [4.69, 9.17) is 0 Å². The Morgan fingerprint density at radius 2 is 1.96 bits per heavy atom. The van der Waals surface area contributed by atoms with Gasteiger partial charge >= 0.3 is 0 Å². The molecule has 5 nitrogen and oxygen atoms in total. The largest absolute Gasteiger partial charge is 0.508 e. The van der Waals surface area contributed by atoms with E-state index in [2.05, 4.69) is 17.1 Å². The van der Waals surface area contributed by atoms with Gasteiger partial charge in [-0.15, -0.1) is 0 Å². The third kappa shape index (κ3) is 5.44. The highest BCUT2D eigenvalue weighted by Gasteiger charge is 2.30. The van der Waals surface area contributed by atoms with Crippen molar-refractivity contribution in [2.45, 2.75) is 70.2 Å². The van der Waals surface area contributed by atoms with Gasteiger partial charge in [-0.05, 0) is 69.1 Å². The first-order valence-corrected chi connectivity index (χ1v) is 9.50. The van der Waals surface area contributed by atoms with Gasteiger partial charge in [0.15, 0.2) is 0 Å². The number of phenolic OH excluding ortho intramolecular Hbond substituents is 1. The quantitative estimate of drug-likeness (QED) is 0.709. The van der Waals surface area contributed by atoms with Gasteiger partial charge in [-0.1, -0.05) is 12.1 Å². The Kier molecular flexibility index (Phi) is 5.97. The Balaban J connectivity index is 1.63. The molecule has 0 spiro atoms. The van der Waals surface area contributed by atoms with Gasteiger partial charge in [0, 0.05) is 18.6 Å². The van der Waals surface area contributed by atoms with Gasteiger partial charge < -0.3 is 15.5 Å². The summed E-state index contributed by atoms with van der Waals surface area (Å²) >= 11 is 0. The summed E-state index contributed by atoms with van der Waals surface area (Å²) in [6, 6.07) is 7.79. The number of rotatable bonds is 7. The fourth-order valence-corrected chi connectivity index (χ4v) is 3.82. The van der Waals surface area contributed by atoms with Crippen molar-refractivity contribution in [3.8, 4) is 5.75 Å². The Hall–Kier alpha value is -1.59. The maximum atomic E-state index is 12.5. The minimum atomic E-state index is -0.206. The fraction of sp³-hybridized carbons (Fsp3) is 0.650. The van der Waals surface area contributed by atoms with Crippen molar-refractivity contribution in [2.75, 3.05) is 6.54 Å². The number of aromatic hydroxyl groups is 1. The number of aliphatic hydroxyl groups is 1. The van der Waals surface area contributed by atoms with Crippen molar-refractivity contribution in [3.63, 3.8) is 0 Å². The molecule has 1 aromatic carbocycles. The number of nitrogens with zero attached hydrogens (tertiary/aromatic N) is 1. The molecule has 2 fully saturated rings. The number of amides is 1. The number of phenols is 1. The molecule has 0 aliphatic heterocycles. The SMILES string of the molecule is CC(NC(=O)CN(Cc1cccc(O)c1)C1CCC(O)CC1)C1CC1. The molecule has 3 rings (SSSR count). The van der Waals surface area contributed by atoms with Gasteiger partial charge in [-0.25, -0.2) is 0 Å². The lowest BCUT2D eigenvalue weighted by atomic mass is 9.91. The average molecular weight is 346 g/mol. The van der Waals surface area contributed by atoms with Crippen LogP contribution in [-0.4, -0.2) is 45.8 Å². The summed E-state index contributed by atoms with van der Waals surface area (Å²) in [4.78, 5) is 14.7. The van der Waals surface area contributed by atoms with Crippen LogP contribution in [0, 0.1) is 5.92 Å². The molecule has 0 bridgehead atoms. The lowest BCUT2D eigenvalue weighted by Crippen LogP contribution is -2.46. The molecule has 25 heavy (non-hydrogen) atoms. The zero-order valence-corrected chi connectivity index (χ0v) is 15.0. The first-order chi connectivity index (χ1) is 12.0. The fourth-order valence-electron chi connectivity index (χ4n) is 3.82. The molecule has 2 aliphatic rings. The summed E-state index contributed by atoms with van der Waals surface area (Å²) in [5.74, 6) is 0.974. The van der Waals surface area contributed by atoms with Crippen LogP contribution in [-0.2, 0) is 11.3 Å². The van der Waals surface area contributed by atoms with E-state index in [0.717, 1.165) is 31.2 Å². The maximum absolute atomic E-state index is 12.5. The van der Waals surface area contributed by atoms with Crippen LogP contribution in [0.5, 0.6) is 5.75 Å². The van der Waals surface area contributed by atoms with Crippen LogP contribution in [0.2, 0.25) is 0 Å². The van der Waals surface area contributed by atoms with Crippen LogP contribution in [0.15, 0.2) is 24.3 Å². The van der Waals surface area contributed by atoms with Crippen LogP contribution in [0.4, 0.5) is 0 Å². The molecule has 0 radical (unpaired) electrons. The van der Waals surface area contributed by atoms with Gasteiger partial charge in [0.1, 0.15) is 5.75 Å². The summed E-state index contributed by atoms with van der Waals surface area (Å²) in [6.07, 6.45) is 5.63. The number of hydrogen-bond donors (Lipinski definition) is 3. The molecule has 1 amide bonds. The second-order valence-corrected chi connectivity index (χ2v) is 7.73. The Morgan fingerprint density at radius 3 is 2.60 bits per heavy atom. The normalized spacial score (nSPS) is 24.9. The van der Waals surface area contributed by atoms with E-state index in [1.165, 1.54) is 12.8 Å². The second kappa shape index (κ2) is 8.19. The Labute approximate surface area is 150 Å². The molecule has 3 N–H and O–H groups in total. The summed E-state index contributed by atoms with van der Waals surface area (Å²) in [5.41, 5.74) is 1.01. The topological polar surface area (TPSA) is 72.8 Å². The van der Waals surface area contributed by atoms with Crippen molar-refractivity contribution >= 4 is 5.91 Å². The number of hydrogen-bond acceptors (Lipinski definition) is 4. The number of carbonyl (C=O) groups is 1. The van der Waals surface area contributed by atoms with Gasteiger partial charge in [0.05, 0.1) is 12.6 Å². The molecular weight excluding hydrogens is 316 g/mol. The summed E-state index contributed by atoms with van der Waals surface area (Å²) in [6.45, 7) is 3.10. The highest BCUT2D eigenvalue weighted by atomic mass is 16.3. The molecule has 1 atom stereocenters. The van der Waals surface area contributed by atoms with E-state index in [-0.39, 0.29) is 23.8 Å². The molecule has 0 heterocycles. The highest BCUT2D eigenvalue weighted by molar-refractivity contribution is 5.78. The maximum Gasteiger partial charge on any atom is 0.234 e. The third-order valence-electron chi connectivity index (χ3n) is 5.54. The number of nitrogens with one attached hydrogen (secondary N) is 1. The van der Waals surface area contributed by atoms with Crippen molar-refractivity contribution < 1.29 is 15.0 Å². The lowest BCUT2D eigenvalue weighted by Gasteiger charge is -2.35. The predicted molar refractivity (Wildman–Crippen MR) is 97.1 cm³/mol. The molecule has 5 heteroatoms. The van der Waals surface area contributed by atoms with Gasteiger partial charge in [-0.2, -0.15) is 0 Å². The molecule has 2 aliphatic carbocycles. The van der Waals surface area contributed by atoms with Gasteiger partial charge in [-0.3, -0.25) is 9.69 Å². The molecule has 2 saturated carbocycles. The number of carbonyl (C=O) groups excluding carboxylic acids is 1. The van der Waals surface area contributed by atoms with Crippen molar-refractivity contribution in [2.24, 2.45) is 5.92 Å². The summed E-state index contributed by atoms with van der Waals surface area (Å²) in [7, 11) is 0. The van der Waals surface area contributed by atoms with Crippen LogP contribution < -0.4 is 5.32 Å². The van der Waals surface area contributed by atoms with Crippen molar-refractivity contribution in [1.29, 1.82) is 0 Å². The highest BCUT2D eigenvalue weighted by Crippen LogP contribution is 2.32. The molecule has 1 aromatic rings. The van der Waals surface area contributed by atoms with Crippen LogP contribution in [0.3, 0.4) is 0 Å². The lowest BCUT2D eigenvalue weighted by molar-refractivity contribution is -0.124.